The number of carbonyl (C=O) groups excluding carboxylic acids is 2. The number of furan rings is 1. The third kappa shape index (κ3) is 4.13. The molecular formula is C20H21N3O6. The zero-order chi connectivity index (χ0) is 21.0. The lowest BCUT2D eigenvalue weighted by Gasteiger charge is -2.11. The van der Waals surface area contributed by atoms with Crippen molar-refractivity contribution >= 4 is 28.7 Å². The number of benzene rings is 1. The topological polar surface area (TPSA) is 113 Å². The van der Waals surface area contributed by atoms with Crippen LogP contribution in [0.15, 0.2) is 39.8 Å². The molecule has 0 aliphatic heterocycles. The average molecular weight is 399 g/mol. The van der Waals surface area contributed by atoms with Crippen molar-refractivity contribution in [2.45, 2.75) is 27.3 Å². The maximum Gasteiger partial charge on any atom is 0.342 e. The van der Waals surface area contributed by atoms with Gasteiger partial charge in [-0.25, -0.2) is 9.78 Å². The molecule has 9 heteroatoms. The number of para-hydroxylation sites is 2. The number of hydrogen-bond acceptors (Lipinski definition) is 7. The van der Waals surface area contributed by atoms with Gasteiger partial charge in [0.25, 0.3) is 5.56 Å². The molecule has 0 saturated carbocycles. The van der Waals surface area contributed by atoms with Gasteiger partial charge in [-0.15, -0.1) is 0 Å². The van der Waals surface area contributed by atoms with Crippen LogP contribution in [0, 0.1) is 6.92 Å². The van der Waals surface area contributed by atoms with E-state index in [1.807, 2.05) is 6.92 Å². The number of nitrogens with zero attached hydrogens (tertiary/aromatic N) is 2. The van der Waals surface area contributed by atoms with Crippen LogP contribution in [-0.4, -0.2) is 34.6 Å². The first-order valence-corrected chi connectivity index (χ1v) is 9.13. The molecule has 0 radical (unpaired) electrons. The molecule has 9 nitrogen and oxygen atoms in total. The molecule has 0 saturated heterocycles. The number of ether oxygens (including phenoxy) is 2. The van der Waals surface area contributed by atoms with Crippen molar-refractivity contribution < 1.29 is 23.5 Å². The Bertz CT molecular complexity index is 1120. The van der Waals surface area contributed by atoms with E-state index in [2.05, 4.69) is 10.3 Å². The molecule has 0 spiro atoms. The van der Waals surface area contributed by atoms with Gasteiger partial charge in [0, 0.05) is 0 Å². The number of fused-ring (bicyclic) bond motifs is 1. The second-order valence-electron chi connectivity index (χ2n) is 6.09. The summed E-state index contributed by atoms with van der Waals surface area (Å²) >= 11 is 0. The highest BCUT2D eigenvalue weighted by atomic mass is 16.5. The number of amides is 1. The number of carbonyl (C=O) groups is 2. The van der Waals surface area contributed by atoms with Crippen LogP contribution in [-0.2, 0) is 16.1 Å². The number of aryl methyl sites for hydroxylation is 1. The van der Waals surface area contributed by atoms with Crippen LogP contribution in [0.4, 0.5) is 5.69 Å². The number of anilines is 1. The van der Waals surface area contributed by atoms with E-state index in [0.29, 0.717) is 18.0 Å². The smallest absolute Gasteiger partial charge is 0.342 e. The van der Waals surface area contributed by atoms with Gasteiger partial charge in [0.15, 0.2) is 0 Å². The Kier molecular flexibility index (Phi) is 5.96. The molecule has 0 atom stereocenters. The van der Waals surface area contributed by atoms with E-state index in [4.69, 9.17) is 13.9 Å². The maximum absolute atomic E-state index is 12.9. The molecule has 1 amide bonds. The van der Waals surface area contributed by atoms with Crippen LogP contribution in [0.5, 0.6) is 5.75 Å². The van der Waals surface area contributed by atoms with Crippen molar-refractivity contribution in [3.8, 4) is 5.75 Å². The van der Waals surface area contributed by atoms with E-state index in [0.717, 1.165) is 4.57 Å². The normalized spacial score (nSPS) is 10.7. The molecule has 2 aromatic heterocycles. The number of aromatic nitrogens is 2. The lowest BCUT2D eigenvalue weighted by atomic mass is 10.2. The van der Waals surface area contributed by atoms with E-state index in [1.165, 1.54) is 6.33 Å². The van der Waals surface area contributed by atoms with Crippen molar-refractivity contribution in [3.63, 3.8) is 0 Å². The molecular weight excluding hydrogens is 378 g/mol. The largest absolute Gasteiger partial charge is 0.492 e. The fraction of sp³-hybridized carbons (Fsp3) is 0.300. The Morgan fingerprint density at radius 3 is 2.69 bits per heavy atom. The molecule has 0 bridgehead atoms. The van der Waals surface area contributed by atoms with Crippen LogP contribution in [0.25, 0.3) is 11.1 Å². The summed E-state index contributed by atoms with van der Waals surface area (Å²) in [6.07, 6.45) is 1.20. The molecule has 3 aromatic rings. The first-order chi connectivity index (χ1) is 14.0. The monoisotopic (exact) mass is 399 g/mol. The Balaban J connectivity index is 1.90. The van der Waals surface area contributed by atoms with Crippen molar-refractivity contribution in [1.29, 1.82) is 0 Å². The lowest BCUT2D eigenvalue weighted by Crippen LogP contribution is -2.28. The zero-order valence-corrected chi connectivity index (χ0v) is 16.4. The summed E-state index contributed by atoms with van der Waals surface area (Å²) < 4.78 is 17.0. The van der Waals surface area contributed by atoms with Gasteiger partial charge < -0.3 is 19.2 Å². The summed E-state index contributed by atoms with van der Waals surface area (Å²) in [4.78, 5) is 41.6. The molecule has 0 aliphatic carbocycles. The summed E-state index contributed by atoms with van der Waals surface area (Å²) in [7, 11) is 0. The van der Waals surface area contributed by atoms with Crippen molar-refractivity contribution in [1.82, 2.24) is 9.55 Å². The summed E-state index contributed by atoms with van der Waals surface area (Å²) in [6.45, 7) is 5.36. The first kappa shape index (κ1) is 20.1. The first-order valence-electron chi connectivity index (χ1n) is 9.13. The fourth-order valence-electron chi connectivity index (χ4n) is 2.89. The molecule has 3 rings (SSSR count). The van der Waals surface area contributed by atoms with Crippen LogP contribution >= 0.6 is 0 Å². The minimum Gasteiger partial charge on any atom is -0.492 e. The van der Waals surface area contributed by atoms with E-state index >= 15 is 0 Å². The van der Waals surface area contributed by atoms with E-state index in [-0.39, 0.29) is 35.6 Å². The molecule has 0 fully saturated rings. The Hall–Kier alpha value is -3.62. The van der Waals surface area contributed by atoms with Crippen LogP contribution < -0.4 is 15.6 Å². The van der Waals surface area contributed by atoms with Crippen LogP contribution in [0.3, 0.4) is 0 Å². The SMILES string of the molecule is CCOC(=O)c1c(C)oc2ncn(CC(=O)Nc3ccccc3OCC)c(=O)c12. The van der Waals surface area contributed by atoms with Crippen LogP contribution in [0.1, 0.15) is 30.0 Å². The Labute approximate surface area is 166 Å². The number of esters is 1. The molecule has 0 aliphatic rings. The van der Waals surface area contributed by atoms with Gasteiger partial charge in [0.05, 0.1) is 18.9 Å². The third-order valence-corrected chi connectivity index (χ3v) is 4.11. The van der Waals surface area contributed by atoms with Crippen molar-refractivity contribution in [3.05, 3.63) is 52.3 Å². The van der Waals surface area contributed by atoms with E-state index in [9.17, 15) is 14.4 Å². The van der Waals surface area contributed by atoms with E-state index in [1.54, 1.807) is 38.1 Å². The molecule has 29 heavy (non-hydrogen) atoms. The summed E-state index contributed by atoms with van der Waals surface area (Å²) in [5.74, 6) is -0.357. The Morgan fingerprint density at radius 2 is 1.97 bits per heavy atom. The average Bonchev–Trinajstić information content (AvgIpc) is 3.03. The highest BCUT2D eigenvalue weighted by Crippen LogP contribution is 2.24. The molecule has 1 N–H and O–H groups in total. The Morgan fingerprint density at radius 1 is 1.21 bits per heavy atom. The minimum atomic E-state index is -0.671. The van der Waals surface area contributed by atoms with Crippen molar-refractivity contribution in [2.75, 3.05) is 18.5 Å². The second kappa shape index (κ2) is 8.59. The summed E-state index contributed by atoms with van der Waals surface area (Å²) in [5.41, 5.74) is -0.0272. The van der Waals surface area contributed by atoms with Gasteiger partial charge in [-0.3, -0.25) is 14.2 Å². The molecule has 1 aromatic carbocycles. The standard InChI is InChI=1S/C20H21N3O6/c1-4-27-14-9-7-6-8-13(14)22-15(24)10-23-11-21-18-17(19(23)25)16(12(3)29-18)20(26)28-5-2/h6-9,11H,4-5,10H2,1-3H3,(H,22,24). The second-order valence-corrected chi connectivity index (χ2v) is 6.09. The lowest BCUT2D eigenvalue weighted by molar-refractivity contribution is -0.116. The van der Waals surface area contributed by atoms with Gasteiger partial charge in [0.2, 0.25) is 11.6 Å². The van der Waals surface area contributed by atoms with Gasteiger partial charge in [-0.2, -0.15) is 0 Å². The van der Waals surface area contributed by atoms with Crippen LogP contribution in [0.2, 0.25) is 0 Å². The predicted molar refractivity (Wildman–Crippen MR) is 105 cm³/mol. The molecule has 0 unspecified atom stereocenters. The predicted octanol–water partition coefficient (Wildman–Crippen LogP) is 2.51. The minimum absolute atomic E-state index is 0.00836. The summed E-state index contributed by atoms with van der Waals surface area (Å²) in [6, 6.07) is 6.99. The molecule has 152 valence electrons. The quantitative estimate of drug-likeness (QED) is 0.607. The summed E-state index contributed by atoms with van der Waals surface area (Å²) in [5, 5.41) is 2.71. The zero-order valence-electron chi connectivity index (χ0n) is 16.4. The molecule has 2 heterocycles. The van der Waals surface area contributed by atoms with Gasteiger partial charge in [-0.05, 0) is 32.9 Å². The fourth-order valence-corrected chi connectivity index (χ4v) is 2.89. The number of hydrogen-bond donors (Lipinski definition) is 1. The van der Waals surface area contributed by atoms with Crippen molar-refractivity contribution in [2.24, 2.45) is 0 Å². The van der Waals surface area contributed by atoms with Gasteiger partial charge >= 0.3 is 5.97 Å². The maximum atomic E-state index is 12.9. The van der Waals surface area contributed by atoms with Gasteiger partial charge in [-0.1, -0.05) is 12.1 Å². The number of rotatable bonds is 7. The third-order valence-electron chi connectivity index (χ3n) is 4.11. The highest BCUT2D eigenvalue weighted by molar-refractivity contribution is 6.03. The number of nitrogens with one attached hydrogen (secondary N) is 1. The highest BCUT2D eigenvalue weighted by Gasteiger charge is 2.24. The van der Waals surface area contributed by atoms with E-state index < -0.39 is 17.4 Å². The van der Waals surface area contributed by atoms with Gasteiger partial charge in [0.1, 0.15) is 35.3 Å².